The average molecular weight is 436 g/mol. The van der Waals surface area contributed by atoms with Crippen molar-refractivity contribution in [3.63, 3.8) is 0 Å². The van der Waals surface area contributed by atoms with Gasteiger partial charge in [-0.15, -0.1) is 11.3 Å². The molecule has 0 aliphatic carbocycles. The number of nitrogens with one attached hydrogen (secondary N) is 2. The van der Waals surface area contributed by atoms with E-state index in [1.54, 1.807) is 0 Å². The van der Waals surface area contributed by atoms with Crippen LogP contribution in [0.15, 0.2) is 57.8 Å². The summed E-state index contributed by atoms with van der Waals surface area (Å²) < 4.78 is 0. The maximum atomic E-state index is 12.7. The number of anilines is 1. The Hall–Kier alpha value is -2.90. The summed E-state index contributed by atoms with van der Waals surface area (Å²) in [5.74, 6) is 0.0286. The maximum Gasteiger partial charge on any atom is 0.260 e. The summed E-state index contributed by atoms with van der Waals surface area (Å²) >= 11 is 2.66. The number of benzene rings is 2. The van der Waals surface area contributed by atoms with E-state index in [1.165, 1.54) is 28.7 Å². The van der Waals surface area contributed by atoms with Crippen LogP contribution >= 0.6 is 23.1 Å². The topological polar surface area (TPSA) is 74.8 Å². The molecule has 0 atom stereocenters. The van der Waals surface area contributed by atoms with Crippen LogP contribution in [0, 0.1) is 20.8 Å². The molecule has 0 aliphatic rings. The molecule has 2 heterocycles. The molecule has 4 aromatic rings. The number of H-pyrrole nitrogens is 1. The van der Waals surface area contributed by atoms with Crippen molar-refractivity contribution in [2.24, 2.45) is 0 Å². The van der Waals surface area contributed by atoms with E-state index in [4.69, 9.17) is 0 Å². The minimum absolute atomic E-state index is 0.136. The van der Waals surface area contributed by atoms with Gasteiger partial charge in [0.1, 0.15) is 4.83 Å². The van der Waals surface area contributed by atoms with Crippen LogP contribution in [-0.2, 0) is 4.79 Å². The highest BCUT2D eigenvalue weighted by atomic mass is 32.2. The lowest BCUT2D eigenvalue weighted by Crippen LogP contribution is -2.16. The number of carbonyl (C=O) groups excluding carboxylic acids is 1. The van der Waals surface area contributed by atoms with Crippen LogP contribution in [0.1, 0.15) is 16.7 Å². The lowest BCUT2D eigenvalue weighted by atomic mass is 10.1. The first-order valence-electron chi connectivity index (χ1n) is 9.50. The van der Waals surface area contributed by atoms with E-state index >= 15 is 0 Å². The number of hydrogen-bond acceptors (Lipinski definition) is 5. The zero-order chi connectivity index (χ0) is 21.3. The van der Waals surface area contributed by atoms with E-state index < -0.39 is 0 Å². The number of amides is 1. The van der Waals surface area contributed by atoms with Crippen LogP contribution in [0.25, 0.3) is 21.3 Å². The van der Waals surface area contributed by atoms with Gasteiger partial charge in [-0.3, -0.25) is 9.59 Å². The Bertz CT molecular complexity index is 1290. The van der Waals surface area contributed by atoms with E-state index in [0.717, 1.165) is 27.9 Å². The lowest BCUT2D eigenvalue weighted by molar-refractivity contribution is -0.113. The second kappa shape index (κ2) is 8.45. The van der Waals surface area contributed by atoms with Gasteiger partial charge in [0.2, 0.25) is 5.91 Å². The van der Waals surface area contributed by atoms with Gasteiger partial charge < -0.3 is 10.3 Å². The van der Waals surface area contributed by atoms with Gasteiger partial charge in [0.15, 0.2) is 5.16 Å². The van der Waals surface area contributed by atoms with Crippen molar-refractivity contribution in [3.05, 3.63) is 74.9 Å². The molecule has 0 radical (unpaired) electrons. The molecule has 30 heavy (non-hydrogen) atoms. The molecule has 0 unspecified atom stereocenters. The van der Waals surface area contributed by atoms with Gasteiger partial charge in [0.25, 0.3) is 5.56 Å². The number of thioether (sulfide) groups is 1. The maximum absolute atomic E-state index is 12.7. The summed E-state index contributed by atoms with van der Waals surface area (Å²) in [5.41, 5.74) is 5.83. The molecule has 4 rings (SSSR count). The van der Waals surface area contributed by atoms with Gasteiger partial charge in [0.05, 0.1) is 11.1 Å². The molecule has 0 saturated carbocycles. The number of nitrogens with zero attached hydrogens (tertiary/aromatic N) is 1. The number of fused-ring (bicyclic) bond motifs is 1. The Balaban J connectivity index is 1.51. The summed E-state index contributed by atoms with van der Waals surface area (Å²) in [4.78, 5) is 33.2. The fourth-order valence-corrected chi connectivity index (χ4v) is 4.82. The van der Waals surface area contributed by atoms with Gasteiger partial charge in [-0.05, 0) is 43.5 Å². The molecule has 152 valence electrons. The Morgan fingerprint density at radius 3 is 2.67 bits per heavy atom. The van der Waals surface area contributed by atoms with Crippen molar-refractivity contribution >= 4 is 44.9 Å². The predicted octanol–water partition coefficient (Wildman–Crippen LogP) is 5.31. The van der Waals surface area contributed by atoms with Crippen molar-refractivity contribution in [1.29, 1.82) is 0 Å². The summed E-state index contributed by atoms with van der Waals surface area (Å²) in [6.45, 7) is 6.02. The zero-order valence-electron chi connectivity index (χ0n) is 16.9. The van der Waals surface area contributed by atoms with E-state index in [1.807, 2.05) is 68.6 Å². The molecule has 0 spiro atoms. The predicted molar refractivity (Wildman–Crippen MR) is 126 cm³/mol. The zero-order valence-corrected chi connectivity index (χ0v) is 18.5. The second-order valence-corrected chi connectivity index (χ2v) is 8.97. The fraction of sp³-hybridized carbons (Fsp3) is 0.174. The number of aromatic amines is 1. The molecule has 7 heteroatoms. The van der Waals surface area contributed by atoms with Crippen molar-refractivity contribution in [3.8, 4) is 11.1 Å². The lowest BCUT2D eigenvalue weighted by Gasteiger charge is -2.10. The highest BCUT2D eigenvalue weighted by Crippen LogP contribution is 2.31. The van der Waals surface area contributed by atoms with Crippen molar-refractivity contribution < 1.29 is 4.79 Å². The van der Waals surface area contributed by atoms with Gasteiger partial charge >= 0.3 is 0 Å². The first kappa shape index (κ1) is 20.4. The fourth-order valence-electron chi connectivity index (χ4n) is 3.15. The van der Waals surface area contributed by atoms with Crippen molar-refractivity contribution in [1.82, 2.24) is 9.97 Å². The summed E-state index contributed by atoms with van der Waals surface area (Å²) in [6, 6.07) is 13.9. The third kappa shape index (κ3) is 4.17. The van der Waals surface area contributed by atoms with Gasteiger partial charge in [-0.2, -0.15) is 0 Å². The minimum Gasteiger partial charge on any atom is -0.325 e. The van der Waals surface area contributed by atoms with Gasteiger partial charge in [-0.25, -0.2) is 4.98 Å². The van der Waals surface area contributed by atoms with Crippen LogP contribution < -0.4 is 10.9 Å². The summed E-state index contributed by atoms with van der Waals surface area (Å²) in [5, 5.41) is 5.92. The summed E-state index contributed by atoms with van der Waals surface area (Å²) in [7, 11) is 0. The second-order valence-electron chi connectivity index (χ2n) is 7.15. The first-order valence-corrected chi connectivity index (χ1v) is 11.4. The molecule has 0 fully saturated rings. The Morgan fingerprint density at radius 1 is 1.13 bits per heavy atom. The number of hydrogen-bond donors (Lipinski definition) is 2. The SMILES string of the molecule is Cc1ccc(-c2csc3nc(SCC(=O)Nc4cccc(C)c4C)[nH]c(=O)c23)cc1. The minimum atomic E-state index is -0.186. The first-order chi connectivity index (χ1) is 14.4. The molecule has 0 saturated heterocycles. The number of aryl methyl sites for hydroxylation is 2. The molecule has 2 aromatic carbocycles. The van der Waals surface area contributed by atoms with Crippen molar-refractivity contribution in [2.45, 2.75) is 25.9 Å². The molecule has 1 amide bonds. The van der Waals surface area contributed by atoms with E-state index in [0.29, 0.717) is 15.4 Å². The average Bonchev–Trinajstić information content (AvgIpc) is 3.15. The Morgan fingerprint density at radius 2 is 1.90 bits per heavy atom. The molecular weight excluding hydrogens is 414 g/mol. The number of aromatic nitrogens is 2. The van der Waals surface area contributed by atoms with Gasteiger partial charge in [-0.1, -0.05) is 53.7 Å². The third-order valence-electron chi connectivity index (χ3n) is 5.00. The van der Waals surface area contributed by atoms with Crippen LogP contribution in [0.2, 0.25) is 0 Å². The Labute approximate surface area is 182 Å². The highest BCUT2D eigenvalue weighted by molar-refractivity contribution is 7.99. The molecule has 0 aliphatic heterocycles. The molecule has 2 N–H and O–H groups in total. The van der Waals surface area contributed by atoms with E-state index in [9.17, 15) is 9.59 Å². The quantitative estimate of drug-likeness (QED) is 0.329. The normalized spacial score (nSPS) is 11.0. The smallest absolute Gasteiger partial charge is 0.260 e. The number of carbonyl (C=O) groups is 1. The number of thiophene rings is 1. The van der Waals surface area contributed by atoms with E-state index in [-0.39, 0.29) is 17.2 Å². The molecule has 0 bridgehead atoms. The van der Waals surface area contributed by atoms with Crippen molar-refractivity contribution in [2.75, 3.05) is 11.1 Å². The Kier molecular flexibility index (Phi) is 5.74. The van der Waals surface area contributed by atoms with Crippen LogP contribution in [-0.4, -0.2) is 21.6 Å². The molecule has 2 aromatic heterocycles. The number of rotatable bonds is 5. The van der Waals surface area contributed by atoms with E-state index in [2.05, 4.69) is 15.3 Å². The highest BCUT2D eigenvalue weighted by Gasteiger charge is 2.14. The molecular formula is C23H21N3O2S2. The monoisotopic (exact) mass is 435 g/mol. The van der Waals surface area contributed by atoms with Gasteiger partial charge in [0, 0.05) is 16.6 Å². The molecule has 5 nitrogen and oxygen atoms in total. The largest absolute Gasteiger partial charge is 0.325 e. The standard InChI is InChI=1S/C23H21N3O2S2/c1-13-7-9-16(10-8-13)17-11-29-22-20(17)21(28)25-23(26-22)30-12-19(27)24-18-6-4-5-14(2)15(18)3/h4-11H,12H2,1-3H3,(H,24,27)(H,25,26,28). The van der Waals surface area contributed by atoms with Crippen LogP contribution in [0.3, 0.4) is 0 Å². The van der Waals surface area contributed by atoms with Crippen LogP contribution in [0.4, 0.5) is 5.69 Å². The summed E-state index contributed by atoms with van der Waals surface area (Å²) in [6.07, 6.45) is 0. The van der Waals surface area contributed by atoms with Crippen LogP contribution in [0.5, 0.6) is 0 Å². The third-order valence-corrected chi connectivity index (χ3v) is 6.75.